The van der Waals surface area contributed by atoms with Crippen molar-refractivity contribution in [3.8, 4) is 5.75 Å². The molecule has 1 amide bonds. The SMILES string of the molecule is CCOc1ccc2ccccc2c1C(=O)NCC[C@H](O)c1cc(C)oc1C. The van der Waals surface area contributed by atoms with Crippen LogP contribution in [-0.2, 0) is 0 Å². The lowest BCUT2D eigenvalue weighted by Crippen LogP contribution is -2.26. The molecule has 0 spiro atoms. The van der Waals surface area contributed by atoms with Crippen LogP contribution in [0.15, 0.2) is 46.9 Å². The zero-order valence-electron chi connectivity index (χ0n) is 15.9. The van der Waals surface area contributed by atoms with E-state index < -0.39 is 6.10 Å². The molecule has 2 aromatic carbocycles. The number of benzene rings is 2. The molecule has 0 radical (unpaired) electrons. The van der Waals surface area contributed by atoms with E-state index in [0.717, 1.165) is 22.1 Å². The Morgan fingerprint density at radius 1 is 1.22 bits per heavy atom. The number of fused-ring (bicyclic) bond motifs is 1. The van der Waals surface area contributed by atoms with Gasteiger partial charge in [-0.05, 0) is 50.1 Å². The number of aryl methyl sites for hydroxylation is 2. The van der Waals surface area contributed by atoms with Crippen LogP contribution in [0.1, 0.15) is 46.9 Å². The van der Waals surface area contributed by atoms with E-state index in [-0.39, 0.29) is 5.91 Å². The van der Waals surface area contributed by atoms with E-state index in [0.29, 0.717) is 36.6 Å². The molecule has 0 bridgehead atoms. The van der Waals surface area contributed by atoms with Crippen LogP contribution in [0.3, 0.4) is 0 Å². The second kappa shape index (κ2) is 8.27. The molecule has 0 aliphatic heterocycles. The Morgan fingerprint density at radius 3 is 2.70 bits per heavy atom. The average molecular weight is 367 g/mol. The standard InChI is InChI=1S/C22H25NO4/c1-4-26-20-10-9-16-7-5-6-8-17(16)21(20)22(25)23-12-11-19(24)18-13-14(2)27-15(18)3/h5-10,13,19,24H,4,11-12H2,1-3H3,(H,23,25)/t19-/m0/s1. The molecule has 3 rings (SSSR count). The van der Waals surface area contributed by atoms with Crippen molar-refractivity contribution in [3.05, 3.63) is 65.1 Å². The highest BCUT2D eigenvalue weighted by Gasteiger charge is 2.18. The fraction of sp³-hybridized carbons (Fsp3) is 0.318. The van der Waals surface area contributed by atoms with Gasteiger partial charge in [0, 0.05) is 12.1 Å². The Labute approximate surface area is 159 Å². The summed E-state index contributed by atoms with van der Waals surface area (Å²) in [6, 6.07) is 13.3. The zero-order chi connectivity index (χ0) is 19.4. The Hall–Kier alpha value is -2.79. The number of ether oxygens (including phenoxy) is 1. The molecule has 27 heavy (non-hydrogen) atoms. The fourth-order valence-electron chi connectivity index (χ4n) is 3.31. The first-order valence-corrected chi connectivity index (χ1v) is 9.19. The van der Waals surface area contributed by atoms with Gasteiger partial charge in [0.05, 0.1) is 18.3 Å². The summed E-state index contributed by atoms with van der Waals surface area (Å²) in [5.41, 5.74) is 1.29. The smallest absolute Gasteiger partial charge is 0.255 e. The summed E-state index contributed by atoms with van der Waals surface area (Å²) < 4.78 is 11.1. The average Bonchev–Trinajstić information content (AvgIpc) is 2.99. The third kappa shape index (κ3) is 4.14. The van der Waals surface area contributed by atoms with Crippen LogP contribution in [0.2, 0.25) is 0 Å². The molecule has 1 heterocycles. The normalized spacial score (nSPS) is 12.1. The van der Waals surface area contributed by atoms with E-state index in [1.807, 2.05) is 63.2 Å². The molecule has 0 saturated heterocycles. The second-order valence-electron chi connectivity index (χ2n) is 6.52. The van der Waals surface area contributed by atoms with Crippen LogP contribution in [0.25, 0.3) is 10.8 Å². The Bertz CT molecular complexity index is 945. The van der Waals surface area contributed by atoms with Gasteiger partial charge in [-0.2, -0.15) is 0 Å². The summed E-state index contributed by atoms with van der Waals surface area (Å²) in [6.07, 6.45) is -0.276. The van der Waals surface area contributed by atoms with Gasteiger partial charge in [0.2, 0.25) is 0 Å². The van der Waals surface area contributed by atoms with Crippen LogP contribution in [0, 0.1) is 13.8 Å². The third-order valence-electron chi connectivity index (χ3n) is 4.56. The van der Waals surface area contributed by atoms with E-state index in [4.69, 9.17) is 9.15 Å². The van der Waals surface area contributed by atoms with E-state index in [2.05, 4.69) is 5.32 Å². The molecule has 0 aliphatic carbocycles. The van der Waals surface area contributed by atoms with Gasteiger partial charge >= 0.3 is 0 Å². The van der Waals surface area contributed by atoms with Crippen molar-refractivity contribution in [3.63, 3.8) is 0 Å². The van der Waals surface area contributed by atoms with Gasteiger partial charge in [0.15, 0.2) is 0 Å². The van der Waals surface area contributed by atoms with Crippen molar-refractivity contribution in [2.75, 3.05) is 13.2 Å². The number of rotatable bonds is 7. The molecule has 0 unspecified atom stereocenters. The largest absolute Gasteiger partial charge is 0.493 e. The second-order valence-corrected chi connectivity index (χ2v) is 6.52. The van der Waals surface area contributed by atoms with E-state index in [1.54, 1.807) is 0 Å². The Balaban J connectivity index is 1.74. The molecular weight excluding hydrogens is 342 g/mol. The highest BCUT2D eigenvalue weighted by Crippen LogP contribution is 2.28. The summed E-state index contributed by atoms with van der Waals surface area (Å²) in [5, 5.41) is 15.1. The van der Waals surface area contributed by atoms with Crippen LogP contribution >= 0.6 is 0 Å². The molecule has 0 saturated carbocycles. The predicted octanol–water partition coefficient (Wildman–Crippen LogP) is 4.30. The lowest BCUT2D eigenvalue weighted by Gasteiger charge is -2.14. The molecule has 0 aliphatic rings. The quantitative estimate of drug-likeness (QED) is 0.653. The summed E-state index contributed by atoms with van der Waals surface area (Å²) in [7, 11) is 0. The minimum atomic E-state index is -0.679. The fourth-order valence-corrected chi connectivity index (χ4v) is 3.31. The Morgan fingerprint density at radius 2 is 2.00 bits per heavy atom. The summed E-state index contributed by atoms with van der Waals surface area (Å²) in [5.74, 6) is 1.83. The number of carbonyl (C=O) groups is 1. The molecule has 5 nitrogen and oxygen atoms in total. The highest BCUT2D eigenvalue weighted by atomic mass is 16.5. The number of furan rings is 1. The minimum absolute atomic E-state index is 0.206. The van der Waals surface area contributed by atoms with E-state index >= 15 is 0 Å². The molecule has 2 N–H and O–H groups in total. The van der Waals surface area contributed by atoms with Gasteiger partial charge in [-0.3, -0.25) is 4.79 Å². The monoisotopic (exact) mass is 367 g/mol. The first kappa shape index (κ1) is 19.0. The number of nitrogens with one attached hydrogen (secondary N) is 1. The molecule has 142 valence electrons. The first-order valence-electron chi connectivity index (χ1n) is 9.19. The van der Waals surface area contributed by atoms with E-state index in [9.17, 15) is 9.90 Å². The van der Waals surface area contributed by atoms with Crippen LogP contribution in [0.5, 0.6) is 5.75 Å². The number of hydrogen-bond acceptors (Lipinski definition) is 4. The number of aliphatic hydroxyl groups excluding tert-OH is 1. The summed E-state index contributed by atoms with van der Waals surface area (Å²) in [4.78, 5) is 12.9. The van der Waals surface area contributed by atoms with Crippen molar-refractivity contribution >= 4 is 16.7 Å². The predicted molar refractivity (Wildman–Crippen MR) is 105 cm³/mol. The van der Waals surface area contributed by atoms with E-state index in [1.165, 1.54) is 0 Å². The first-order chi connectivity index (χ1) is 13.0. The number of carbonyl (C=O) groups excluding carboxylic acids is 1. The zero-order valence-corrected chi connectivity index (χ0v) is 15.9. The lowest BCUT2D eigenvalue weighted by atomic mass is 10.0. The van der Waals surface area contributed by atoms with Gasteiger partial charge in [-0.1, -0.05) is 30.3 Å². The maximum atomic E-state index is 12.9. The van der Waals surface area contributed by atoms with Gasteiger partial charge in [0.25, 0.3) is 5.91 Å². The number of aliphatic hydroxyl groups is 1. The van der Waals surface area contributed by atoms with Crippen molar-refractivity contribution in [2.24, 2.45) is 0 Å². The van der Waals surface area contributed by atoms with Crippen molar-refractivity contribution < 1.29 is 19.1 Å². The van der Waals surface area contributed by atoms with Crippen molar-refractivity contribution in [1.29, 1.82) is 0 Å². The molecule has 5 heteroatoms. The van der Waals surface area contributed by atoms with Gasteiger partial charge in [-0.25, -0.2) is 0 Å². The molecule has 0 fully saturated rings. The minimum Gasteiger partial charge on any atom is -0.493 e. The van der Waals surface area contributed by atoms with Crippen LogP contribution in [0.4, 0.5) is 0 Å². The Kier molecular flexibility index (Phi) is 5.81. The molecule has 3 aromatic rings. The van der Waals surface area contributed by atoms with Gasteiger partial charge in [0.1, 0.15) is 17.3 Å². The lowest BCUT2D eigenvalue weighted by molar-refractivity contribution is 0.0940. The van der Waals surface area contributed by atoms with Gasteiger partial charge < -0.3 is 19.6 Å². The third-order valence-corrected chi connectivity index (χ3v) is 4.56. The van der Waals surface area contributed by atoms with Crippen LogP contribution in [-0.4, -0.2) is 24.2 Å². The molecule has 1 aromatic heterocycles. The molecular formula is C22H25NO4. The number of hydrogen-bond donors (Lipinski definition) is 2. The van der Waals surface area contributed by atoms with Crippen molar-refractivity contribution in [1.82, 2.24) is 5.32 Å². The maximum absolute atomic E-state index is 12.9. The highest BCUT2D eigenvalue weighted by molar-refractivity contribution is 6.09. The number of amides is 1. The maximum Gasteiger partial charge on any atom is 0.255 e. The summed E-state index contributed by atoms with van der Waals surface area (Å²) >= 11 is 0. The van der Waals surface area contributed by atoms with Gasteiger partial charge in [-0.15, -0.1) is 0 Å². The van der Waals surface area contributed by atoms with Crippen molar-refractivity contribution in [2.45, 2.75) is 33.3 Å². The molecule has 1 atom stereocenters. The summed E-state index contributed by atoms with van der Waals surface area (Å²) in [6.45, 7) is 6.40. The topological polar surface area (TPSA) is 71.7 Å². The van der Waals surface area contributed by atoms with Crippen LogP contribution < -0.4 is 10.1 Å².